The van der Waals surface area contributed by atoms with E-state index in [0.717, 1.165) is 16.7 Å². The van der Waals surface area contributed by atoms with Crippen molar-refractivity contribution in [2.45, 2.75) is 59.8 Å². The second-order valence-corrected chi connectivity index (χ2v) is 7.64. The predicted octanol–water partition coefficient (Wildman–Crippen LogP) is 3.98. The number of aromatic nitrogens is 1. The molecule has 1 heterocycles. The highest BCUT2D eigenvalue weighted by Gasteiger charge is 2.36. The summed E-state index contributed by atoms with van der Waals surface area (Å²) in [7, 11) is 1.55. The molecule has 0 N–H and O–H groups in total. The van der Waals surface area contributed by atoms with Crippen molar-refractivity contribution in [2.24, 2.45) is 5.41 Å². The van der Waals surface area contributed by atoms with Gasteiger partial charge in [0.2, 0.25) is 0 Å². The average molecular weight is 347 g/mol. The van der Waals surface area contributed by atoms with Gasteiger partial charge in [-0.05, 0) is 37.7 Å². The van der Waals surface area contributed by atoms with Gasteiger partial charge in [-0.25, -0.2) is 4.79 Å². The van der Waals surface area contributed by atoms with Gasteiger partial charge in [-0.2, -0.15) is 4.73 Å². The van der Waals surface area contributed by atoms with Crippen molar-refractivity contribution in [3.8, 4) is 5.75 Å². The van der Waals surface area contributed by atoms with E-state index in [2.05, 4.69) is 13.8 Å². The lowest BCUT2D eigenvalue weighted by Gasteiger charge is -2.32. The van der Waals surface area contributed by atoms with Crippen molar-refractivity contribution in [3.63, 3.8) is 0 Å². The molecule has 0 fully saturated rings. The van der Waals surface area contributed by atoms with Gasteiger partial charge in [0.15, 0.2) is 11.4 Å². The molecule has 0 amide bonds. The van der Waals surface area contributed by atoms with Crippen LogP contribution in [-0.4, -0.2) is 19.7 Å². The number of pyridine rings is 1. The van der Waals surface area contributed by atoms with Gasteiger partial charge in [-0.3, -0.25) is 0 Å². The first-order valence-electron chi connectivity index (χ1n) is 8.91. The minimum Gasteiger partial charge on any atom is -0.618 e. The minimum atomic E-state index is -0.331. The van der Waals surface area contributed by atoms with Crippen LogP contribution < -0.4 is 9.47 Å². The molecule has 1 aromatic heterocycles. The summed E-state index contributed by atoms with van der Waals surface area (Å²) in [5.74, 6) is 0.243. The zero-order valence-corrected chi connectivity index (χ0v) is 16.1. The number of hydrogen-bond acceptors (Lipinski definition) is 4. The van der Waals surface area contributed by atoms with E-state index in [0.29, 0.717) is 42.2 Å². The number of ether oxygens (including phenoxy) is 2. The van der Waals surface area contributed by atoms with Crippen LogP contribution in [0, 0.1) is 10.6 Å². The lowest BCUT2D eigenvalue weighted by Crippen LogP contribution is -2.39. The molecule has 1 aliphatic carbocycles. The summed E-state index contributed by atoms with van der Waals surface area (Å²) in [5, 5.41) is 13.0. The molecule has 0 spiro atoms. The van der Waals surface area contributed by atoms with Crippen LogP contribution in [0.4, 0.5) is 0 Å². The lowest BCUT2D eigenvalue weighted by molar-refractivity contribution is -0.618. The first kappa shape index (κ1) is 19.3. The maximum Gasteiger partial charge on any atom is 0.334 e. The van der Waals surface area contributed by atoms with Crippen LogP contribution in [0.15, 0.2) is 17.7 Å². The summed E-state index contributed by atoms with van der Waals surface area (Å²) in [6.45, 7) is 10.3. The van der Waals surface area contributed by atoms with Crippen LogP contribution in [0.5, 0.6) is 5.75 Å². The van der Waals surface area contributed by atoms with E-state index < -0.39 is 0 Å². The zero-order valence-electron chi connectivity index (χ0n) is 16.1. The molecule has 25 heavy (non-hydrogen) atoms. The van der Waals surface area contributed by atoms with Crippen molar-refractivity contribution in [2.75, 3.05) is 13.7 Å². The third kappa shape index (κ3) is 3.97. The normalized spacial score (nSPS) is 16.9. The van der Waals surface area contributed by atoms with Crippen LogP contribution in [0.25, 0.3) is 5.57 Å². The Bertz CT molecular complexity index is 689. The van der Waals surface area contributed by atoms with Crippen LogP contribution in [0.3, 0.4) is 0 Å². The molecule has 5 heteroatoms. The second kappa shape index (κ2) is 7.46. The van der Waals surface area contributed by atoms with Crippen molar-refractivity contribution >= 4 is 11.5 Å². The summed E-state index contributed by atoms with van der Waals surface area (Å²) in [5.41, 5.74) is 2.47. The predicted molar refractivity (Wildman–Crippen MR) is 97.2 cm³/mol. The van der Waals surface area contributed by atoms with Crippen molar-refractivity contribution in [1.82, 2.24) is 0 Å². The number of nitrogens with zero attached hydrogens (tertiary/aromatic N) is 1. The molecule has 0 aromatic carbocycles. The van der Waals surface area contributed by atoms with Crippen LogP contribution in [0.2, 0.25) is 0 Å². The molecule has 0 atom stereocenters. The molecule has 0 saturated heterocycles. The number of carbonyl (C=O) groups is 1. The monoisotopic (exact) mass is 347 g/mol. The number of rotatable bonds is 5. The average Bonchev–Trinajstić information content (AvgIpc) is 2.54. The van der Waals surface area contributed by atoms with Gasteiger partial charge >= 0.3 is 5.97 Å². The molecule has 1 aliphatic rings. The SMILES string of the molecule is CCOC(=O)C1=C(c2c(OC)ccc(C(C)C)[n+]2[O-])CCC(C)(C)C1. The van der Waals surface area contributed by atoms with E-state index in [4.69, 9.17) is 9.47 Å². The summed E-state index contributed by atoms with van der Waals surface area (Å²) < 4.78 is 11.6. The number of esters is 1. The Morgan fingerprint density at radius 1 is 1.36 bits per heavy atom. The Morgan fingerprint density at radius 2 is 2.04 bits per heavy atom. The van der Waals surface area contributed by atoms with E-state index >= 15 is 0 Å². The Hall–Kier alpha value is -2.04. The molecule has 1 aromatic rings. The highest BCUT2D eigenvalue weighted by molar-refractivity contribution is 5.98. The topological polar surface area (TPSA) is 62.5 Å². The first-order chi connectivity index (χ1) is 11.7. The van der Waals surface area contributed by atoms with E-state index in [-0.39, 0.29) is 17.3 Å². The number of hydrogen-bond donors (Lipinski definition) is 0. The first-order valence-corrected chi connectivity index (χ1v) is 8.91. The fraction of sp³-hybridized carbons (Fsp3) is 0.600. The highest BCUT2D eigenvalue weighted by atomic mass is 16.5. The lowest BCUT2D eigenvalue weighted by atomic mass is 9.73. The summed E-state index contributed by atoms with van der Waals surface area (Å²) >= 11 is 0. The largest absolute Gasteiger partial charge is 0.618 e. The molecule has 0 aliphatic heterocycles. The Morgan fingerprint density at radius 3 is 2.60 bits per heavy atom. The van der Waals surface area contributed by atoms with Crippen molar-refractivity contribution < 1.29 is 19.0 Å². The highest BCUT2D eigenvalue weighted by Crippen LogP contribution is 2.44. The standard InChI is InChI=1S/C20H29NO4/c1-7-25-19(22)15-12-20(4,5)11-10-14(15)18-17(24-6)9-8-16(13(2)3)21(18)23/h8-9,13H,7,10-12H2,1-6H3. The molecule has 0 saturated carbocycles. The summed E-state index contributed by atoms with van der Waals surface area (Å²) in [6, 6.07) is 3.60. The quantitative estimate of drug-likeness (QED) is 0.459. The number of methoxy groups -OCH3 is 1. The van der Waals surface area contributed by atoms with E-state index in [9.17, 15) is 10.0 Å². The smallest absolute Gasteiger partial charge is 0.334 e. The fourth-order valence-corrected chi connectivity index (χ4v) is 3.36. The van der Waals surface area contributed by atoms with Gasteiger partial charge in [0.1, 0.15) is 0 Å². The second-order valence-electron chi connectivity index (χ2n) is 7.64. The molecule has 0 radical (unpaired) electrons. The van der Waals surface area contributed by atoms with Gasteiger partial charge in [0, 0.05) is 23.1 Å². The number of carbonyl (C=O) groups excluding carboxylic acids is 1. The van der Waals surface area contributed by atoms with E-state index in [1.807, 2.05) is 19.9 Å². The number of allylic oxidation sites excluding steroid dienone is 1. The van der Waals surface area contributed by atoms with E-state index in [1.165, 1.54) is 0 Å². The van der Waals surface area contributed by atoms with Gasteiger partial charge in [0.25, 0.3) is 5.69 Å². The molecule has 5 nitrogen and oxygen atoms in total. The molecule has 138 valence electrons. The molecule has 0 bridgehead atoms. The van der Waals surface area contributed by atoms with E-state index in [1.54, 1.807) is 20.1 Å². The molecular formula is C20H29NO4. The Kier molecular flexibility index (Phi) is 5.76. The molecule has 0 unspecified atom stereocenters. The summed E-state index contributed by atoms with van der Waals surface area (Å²) in [6.07, 6.45) is 2.15. The maximum absolute atomic E-state index is 13.0. The molecule has 2 rings (SSSR count). The Balaban J connectivity index is 2.70. The van der Waals surface area contributed by atoms with Gasteiger partial charge in [-0.1, -0.05) is 27.7 Å². The van der Waals surface area contributed by atoms with Crippen molar-refractivity contribution in [3.05, 3.63) is 34.3 Å². The van der Waals surface area contributed by atoms with Crippen LogP contribution in [-0.2, 0) is 9.53 Å². The zero-order chi connectivity index (χ0) is 18.8. The Labute approximate surface area is 150 Å². The summed E-state index contributed by atoms with van der Waals surface area (Å²) in [4.78, 5) is 12.6. The van der Waals surface area contributed by atoms with Crippen molar-refractivity contribution in [1.29, 1.82) is 0 Å². The maximum atomic E-state index is 13.0. The third-order valence-electron chi connectivity index (χ3n) is 4.77. The van der Waals surface area contributed by atoms with Crippen LogP contribution >= 0.6 is 0 Å². The van der Waals surface area contributed by atoms with Gasteiger partial charge < -0.3 is 14.7 Å². The van der Waals surface area contributed by atoms with Crippen LogP contribution in [0.1, 0.15) is 71.2 Å². The molecular weight excluding hydrogens is 318 g/mol. The van der Waals surface area contributed by atoms with Gasteiger partial charge in [-0.15, -0.1) is 0 Å². The minimum absolute atomic E-state index is 0.00219. The van der Waals surface area contributed by atoms with Gasteiger partial charge in [0.05, 0.1) is 13.7 Å². The third-order valence-corrected chi connectivity index (χ3v) is 4.77. The fourth-order valence-electron chi connectivity index (χ4n) is 3.36.